The zero-order chi connectivity index (χ0) is 15.0. The largest absolute Gasteiger partial charge is 0.486 e. The highest BCUT2D eigenvalue weighted by molar-refractivity contribution is 14.1. The van der Waals surface area contributed by atoms with Crippen molar-refractivity contribution >= 4 is 38.5 Å². The van der Waals surface area contributed by atoms with Gasteiger partial charge in [0.2, 0.25) is 0 Å². The number of ether oxygens (including phenoxy) is 2. The second-order valence-corrected chi connectivity index (χ2v) is 6.83. The number of halogens is 2. The van der Waals surface area contributed by atoms with E-state index in [0.29, 0.717) is 24.7 Å². The van der Waals surface area contributed by atoms with Crippen LogP contribution in [0.4, 0.5) is 0 Å². The number of benzene rings is 2. The molecule has 1 atom stereocenters. The first kappa shape index (κ1) is 15.1. The van der Waals surface area contributed by atoms with Gasteiger partial charge in [-0.25, -0.2) is 0 Å². The Bertz CT molecular complexity index is 687. The molecule has 0 amide bonds. The molecule has 0 bridgehead atoms. The second kappa shape index (κ2) is 6.14. The molecule has 2 aromatic carbocycles. The molecule has 0 saturated carbocycles. The fourth-order valence-electron chi connectivity index (χ4n) is 2.34. The minimum absolute atomic E-state index is 0.534. The van der Waals surface area contributed by atoms with E-state index in [1.807, 2.05) is 37.3 Å². The Kier molecular flexibility index (Phi) is 4.42. The van der Waals surface area contributed by atoms with Crippen LogP contribution in [0.3, 0.4) is 0 Å². The summed E-state index contributed by atoms with van der Waals surface area (Å²) in [6.07, 6.45) is -0.706. The molecule has 0 spiro atoms. The van der Waals surface area contributed by atoms with E-state index < -0.39 is 6.10 Å². The molecule has 5 heteroatoms. The summed E-state index contributed by atoms with van der Waals surface area (Å²) in [7, 11) is 0. The average molecular weight is 461 g/mol. The van der Waals surface area contributed by atoms with E-state index in [0.717, 1.165) is 24.7 Å². The second-order valence-electron chi connectivity index (χ2n) is 4.90. The highest BCUT2D eigenvalue weighted by Gasteiger charge is 2.21. The monoisotopic (exact) mass is 460 g/mol. The molecule has 0 radical (unpaired) electrons. The first-order chi connectivity index (χ1) is 10.1. The van der Waals surface area contributed by atoms with Gasteiger partial charge in [-0.3, -0.25) is 0 Å². The number of aliphatic hydroxyl groups excluding tert-OH is 1. The first-order valence-corrected chi connectivity index (χ1v) is 8.47. The Morgan fingerprint density at radius 1 is 1.14 bits per heavy atom. The Labute approximate surface area is 145 Å². The molecule has 0 aliphatic carbocycles. The van der Waals surface area contributed by atoms with E-state index in [-0.39, 0.29) is 0 Å². The van der Waals surface area contributed by atoms with Crippen LogP contribution in [0.25, 0.3) is 0 Å². The molecule has 1 unspecified atom stereocenters. The van der Waals surface area contributed by atoms with Crippen LogP contribution in [0.2, 0.25) is 0 Å². The van der Waals surface area contributed by atoms with Crippen LogP contribution in [0.5, 0.6) is 11.5 Å². The zero-order valence-corrected chi connectivity index (χ0v) is 15.1. The van der Waals surface area contributed by atoms with E-state index in [1.165, 1.54) is 0 Å². The first-order valence-electron chi connectivity index (χ1n) is 6.60. The molecule has 0 fully saturated rings. The standard InChI is InChI=1S/C16H14BrIO3/c1-9-3-2-4-10(15(9)18)16(19)11-7-13-14(8-12(11)17)21-6-5-20-13/h2-4,7-8,16,19H,5-6H2,1H3. The van der Waals surface area contributed by atoms with Gasteiger partial charge in [-0.05, 0) is 52.8 Å². The van der Waals surface area contributed by atoms with Crippen LogP contribution in [0.15, 0.2) is 34.8 Å². The number of aryl methyl sites for hydroxylation is 1. The van der Waals surface area contributed by atoms with Gasteiger partial charge in [0.1, 0.15) is 19.3 Å². The molecule has 1 aliphatic heterocycles. The molecule has 21 heavy (non-hydrogen) atoms. The number of hydrogen-bond acceptors (Lipinski definition) is 3. The van der Waals surface area contributed by atoms with E-state index in [1.54, 1.807) is 0 Å². The summed E-state index contributed by atoms with van der Waals surface area (Å²) >= 11 is 5.79. The molecule has 1 aliphatic rings. The third kappa shape index (κ3) is 2.91. The van der Waals surface area contributed by atoms with Crippen molar-refractivity contribution in [3.05, 3.63) is 55.1 Å². The lowest BCUT2D eigenvalue weighted by Gasteiger charge is -2.22. The van der Waals surface area contributed by atoms with Crippen molar-refractivity contribution < 1.29 is 14.6 Å². The maximum absolute atomic E-state index is 10.7. The Morgan fingerprint density at radius 2 is 1.81 bits per heavy atom. The van der Waals surface area contributed by atoms with Gasteiger partial charge in [0.15, 0.2) is 11.5 Å². The van der Waals surface area contributed by atoms with Crippen molar-refractivity contribution in [3.63, 3.8) is 0 Å². The molecule has 1 N–H and O–H groups in total. The summed E-state index contributed by atoms with van der Waals surface area (Å²) in [5.74, 6) is 1.39. The minimum atomic E-state index is -0.706. The summed E-state index contributed by atoms with van der Waals surface area (Å²) in [5.41, 5.74) is 2.83. The quantitative estimate of drug-likeness (QED) is 0.682. The van der Waals surface area contributed by atoms with Crippen molar-refractivity contribution in [2.75, 3.05) is 13.2 Å². The molecule has 110 valence electrons. The molecule has 1 heterocycles. The topological polar surface area (TPSA) is 38.7 Å². The molecular weight excluding hydrogens is 447 g/mol. The van der Waals surface area contributed by atoms with E-state index >= 15 is 0 Å². The minimum Gasteiger partial charge on any atom is -0.486 e. The summed E-state index contributed by atoms with van der Waals surface area (Å²) in [6.45, 7) is 3.13. The SMILES string of the molecule is Cc1cccc(C(O)c2cc3c(cc2Br)OCCO3)c1I. The summed E-state index contributed by atoms with van der Waals surface area (Å²) in [5, 5.41) is 10.7. The van der Waals surface area contributed by atoms with Crippen LogP contribution in [-0.2, 0) is 0 Å². The Morgan fingerprint density at radius 3 is 2.52 bits per heavy atom. The average Bonchev–Trinajstić information content (AvgIpc) is 2.48. The third-order valence-electron chi connectivity index (χ3n) is 3.47. The van der Waals surface area contributed by atoms with Crippen LogP contribution in [0.1, 0.15) is 22.8 Å². The maximum atomic E-state index is 10.7. The van der Waals surface area contributed by atoms with Gasteiger partial charge < -0.3 is 14.6 Å². The summed E-state index contributed by atoms with van der Waals surface area (Å²) in [6, 6.07) is 9.65. The molecule has 2 aromatic rings. The number of rotatable bonds is 2. The van der Waals surface area contributed by atoms with Crippen LogP contribution in [0, 0.1) is 10.5 Å². The fraction of sp³-hybridized carbons (Fsp3) is 0.250. The van der Waals surface area contributed by atoms with Gasteiger partial charge in [-0.2, -0.15) is 0 Å². The number of hydrogen-bond donors (Lipinski definition) is 1. The van der Waals surface area contributed by atoms with Crippen LogP contribution >= 0.6 is 38.5 Å². The van der Waals surface area contributed by atoms with Gasteiger partial charge in [0.05, 0.1) is 0 Å². The molecular formula is C16H14BrIO3. The number of aliphatic hydroxyl groups is 1. The van der Waals surface area contributed by atoms with Crippen LogP contribution in [-0.4, -0.2) is 18.3 Å². The van der Waals surface area contributed by atoms with Crippen molar-refractivity contribution in [2.45, 2.75) is 13.0 Å². The zero-order valence-electron chi connectivity index (χ0n) is 11.4. The van der Waals surface area contributed by atoms with Crippen LogP contribution < -0.4 is 9.47 Å². The van der Waals surface area contributed by atoms with E-state index in [4.69, 9.17) is 9.47 Å². The van der Waals surface area contributed by atoms with Crippen molar-refractivity contribution in [2.24, 2.45) is 0 Å². The summed E-state index contributed by atoms with van der Waals surface area (Å²) in [4.78, 5) is 0. The lowest BCUT2D eigenvalue weighted by atomic mass is 9.99. The van der Waals surface area contributed by atoms with Crippen molar-refractivity contribution in [3.8, 4) is 11.5 Å². The number of fused-ring (bicyclic) bond motifs is 1. The van der Waals surface area contributed by atoms with Crippen molar-refractivity contribution in [1.82, 2.24) is 0 Å². The lowest BCUT2D eigenvalue weighted by Crippen LogP contribution is -2.16. The molecule has 3 rings (SSSR count). The van der Waals surface area contributed by atoms with Gasteiger partial charge >= 0.3 is 0 Å². The Hall–Kier alpha value is -0.790. The highest BCUT2D eigenvalue weighted by atomic mass is 127. The fourth-order valence-corrected chi connectivity index (χ4v) is 3.53. The van der Waals surface area contributed by atoms with E-state index in [9.17, 15) is 5.11 Å². The van der Waals surface area contributed by atoms with E-state index in [2.05, 4.69) is 38.5 Å². The van der Waals surface area contributed by atoms with Gasteiger partial charge in [0.25, 0.3) is 0 Å². The highest BCUT2D eigenvalue weighted by Crippen LogP contribution is 2.40. The maximum Gasteiger partial charge on any atom is 0.162 e. The molecule has 0 saturated heterocycles. The van der Waals surface area contributed by atoms with Gasteiger partial charge in [-0.1, -0.05) is 34.1 Å². The smallest absolute Gasteiger partial charge is 0.162 e. The normalized spacial score (nSPS) is 14.9. The predicted octanol–water partition coefficient (Wildman–Crippen LogP) is 4.22. The third-order valence-corrected chi connectivity index (χ3v) is 5.63. The molecule has 3 nitrogen and oxygen atoms in total. The van der Waals surface area contributed by atoms with Gasteiger partial charge in [-0.15, -0.1) is 0 Å². The Balaban J connectivity index is 2.05. The predicted molar refractivity (Wildman–Crippen MR) is 93.1 cm³/mol. The lowest BCUT2D eigenvalue weighted by molar-refractivity contribution is 0.169. The molecule has 0 aromatic heterocycles. The summed E-state index contributed by atoms with van der Waals surface area (Å²) < 4.78 is 13.0. The van der Waals surface area contributed by atoms with Gasteiger partial charge in [0, 0.05) is 13.6 Å². The van der Waals surface area contributed by atoms with Crippen molar-refractivity contribution in [1.29, 1.82) is 0 Å².